The maximum absolute atomic E-state index is 11.7. The van der Waals surface area contributed by atoms with Crippen molar-refractivity contribution < 1.29 is 24.2 Å². The summed E-state index contributed by atoms with van der Waals surface area (Å²) in [5.74, 6) is -1.14. The molecule has 1 rings (SSSR count). The van der Waals surface area contributed by atoms with E-state index in [0.717, 1.165) is 0 Å². The summed E-state index contributed by atoms with van der Waals surface area (Å²) in [5, 5.41) is 14.1. The first-order valence-electron chi connectivity index (χ1n) is 6.82. The van der Waals surface area contributed by atoms with Crippen LogP contribution in [-0.2, 0) is 19.1 Å². The minimum Gasteiger partial charge on any atom is -0.479 e. The fourth-order valence-electron chi connectivity index (χ4n) is 1.83. The van der Waals surface area contributed by atoms with Crippen LogP contribution in [0.25, 0.3) is 0 Å². The third-order valence-electron chi connectivity index (χ3n) is 2.95. The fraction of sp³-hybridized carbons (Fsp3) is 0.769. The van der Waals surface area contributed by atoms with Gasteiger partial charge in [0.05, 0.1) is 0 Å². The van der Waals surface area contributed by atoms with E-state index < -0.39 is 18.2 Å². The van der Waals surface area contributed by atoms with Crippen molar-refractivity contribution in [3.05, 3.63) is 0 Å². The van der Waals surface area contributed by atoms with Crippen molar-refractivity contribution in [1.29, 1.82) is 0 Å². The van der Waals surface area contributed by atoms with Crippen molar-refractivity contribution in [2.75, 3.05) is 13.1 Å². The third kappa shape index (κ3) is 5.56. The molecule has 20 heavy (non-hydrogen) atoms. The Morgan fingerprint density at radius 2 is 1.85 bits per heavy atom. The lowest BCUT2D eigenvalue weighted by molar-refractivity contribution is -0.151. The molecule has 1 aliphatic heterocycles. The van der Waals surface area contributed by atoms with Crippen LogP contribution in [0, 0.1) is 5.92 Å². The number of carbonyl (C=O) groups excluding carboxylic acids is 2. The maximum Gasteiger partial charge on any atom is 0.332 e. The van der Waals surface area contributed by atoms with E-state index >= 15 is 0 Å². The maximum atomic E-state index is 11.7. The first-order chi connectivity index (χ1) is 9.40. The Morgan fingerprint density at radius 1 is 1.20 bits per heavy atom. The van der Waals surface area contributed by atoms with Crippen molar-refractivity contribution in [1.82, 2.24) is 10.6 Å². The normalized spacial score (nSPS) is 21.8. The molecular weight excluding hydrogens is 264 g/mol. The van der Waals surface area contributed by atoms with E-state index in [0.29, 0.717) is 25.3 Å². The SMILES string of the molecule is CC(C)CNC(=O)CCNC(=O)C1CCC(C(=O)O)O1. The molecule has 0 saturated carbocycles. The lowest BCUT2D eigenvalue weighted by Crippen LogP contribution is -2.38. The van der Waals surface area contributed by atoms with Gasteiger partial charge in [0, 0.05) is 19.5 Å². The molecular formula is C13H22N2O5. The summed E-state index contributed by atoms with van der Waals surface area (Å²) in [5.41, 5.74) is 0. The zero-order valence-electron chi connectivity index (χ0n) is 11.8. The number of ether oxygens (including phenoxy) is 1. The first-order valence-corrected chi connectivity index (χ1v) is 6.82. The van der Waals surface area contributed by atoms with Crippen LogP contribution in [0.4, 0.5) is 0 Å². The summed E-state index contributed by atoms with van der Waals surface area (Å²) in [6, 6.07) is 0. The first kappa shape index (κ1) is 16.4. The summed E-state index contributed by atoms with van der Waals surface area (Å²) in [4.78, 5) is 33.8. The summed E-state index contributed by atoms with van der Waals surface area (Å²) in [6.45, 7) is 4.83. The highest BCUT2D eigenvalue weighted by Crippen LogP contribution is 2.19. The molecule has 0 aromatic rings. The number of hydrogen-bond donors (Lipinski definition) is 3. The quantitative estimate of drug-likeness (QED) is 0.606. The van der Waals surface area contributed by atoms with E-state index in [2.05, 4.69) is 10.6 Å². The largest absolute Gasteiger partial charge is 0.479 e. The minimum absolute atomic E-state index is 0.116. The van der Waals surface area contributed by atoms with Gasteiger partial charge in [-0.3, -0.25) is 9.59 Å². The highest BCUT2D eigenvalue weighted by molar-refractivity contribution is 5.83. The zero-order valence-corrected chi connectivity index (χ0v) is 11.8. The molecule has 1 fully saturated rings. The third-order valence-corrected chi connectivity index (χ3v) is 2.95. The molecule has 0 bridgehead atoms. The van der Waals surface area contributed by atoms with Crippen LogP contribution in [0.2, 0.25) is 0 Å². The van der Waals surface area contributed by atoms with Crippen LogP contribution in [0.1, 0.15) is 33.1 Å². The van der Waals surface area contributed by atoms with Gasteiger partial charge < -0.3 is 20.5 Å². The summed E-state index contributed by atoms with van der Waals surface area (Å²) >= 11 is 0. The van der Waals surface area contributed by atoms with Gasteiger partial charge in [-0.15, -0.1) is 0 Å². The van der Waals surface area contributed by atoms with Gasteiger partial charge in [-0.1, -0.05) is 13.8 Å². The van der Waals surface area contributed by atoms with E-state index in [1.165, 1.54) is 0 Å². The van der Waals surface area contributed by atoms with Gasteiger partial charge in [0.25, 0.3) is 0 Å². The predicted octanol–water partition coefficient (Wildman–Crippen LogP) is -0.103. The molecule has 0 spiro atoms. The number of rotatable bonds is 7. The molecule has 2 atom stereocenters. The Hall–Kier alpha value is -1.63. The monoisotopic (exact) mass is 286 g/mol. The van der Waals surface area contributed by atoms with Crippen molar-refractivity contribution in [2.24, 2.45) is 5.92 Å². The molecule has 1 heterocycles. The Kier molecular flexibility index (Phi) is 6.44. The van der Waals surface area contributed by atoms with Crippen molar-refractivity contribution in [2.45, 2.75) is 45.3 Å². The molecule has 7 heteroatoms. The Labute approximate surface area is 118 Å². The molecule has 1 aliphatic rings. The van der Waals surface area contributed by atoms with Gasteiger partial charge in [-0.05, 0) is 18.8 Å². The molecule has 2 amide bonds. The topological polar surface area (TPSA) is 105 Å². The van der Waals surface area contributed by atoms with Gasteiger partial charge in [0.15, 0.2) is 6.10 Å². The predicted molar refractivity (Wildman–Crippen MR) is 71.0 cm³/mol. The van der Waals surface area contributed by atoms with Crippen LogP contribution in [-0.4, -0.2) is 48.2 Å². The second-order valence-electron chi connectivity index (χ2n) is 5.27. The average molecular weight is 286 g/mol. The van der Waals surface area contributed by atoms with E-state index in [4.69, 9.17) is 9.84 Å². The number of carboxylic acids is 1. The van der Waals surface area contributed by atoms with Crippen LogP contribution in [0.5, 0.6) is 0 Å². The van der Waals surface area contributed by atoms with Crippen LogP contribution in [0.3, 0.4) is 0 Å². The van der Waals surface area contributed by atoms with E-state index in [9.17, 15) is 14.4 Å². The Morgan fingerprint density at radius 3 is 2.40 bits per heavy atom. The lowest BCUT2D eigenvalue weighted by Gasteiger charge is -2.12. The van der Waals surface area contributed by atoms with Gasteiger partial charge in [-0.2, -0.15) is 0 Å². The second-order valence-corrected chi connectivity index (χ2v) is 5.27. The number of aliphatic carboxylic acids is 1. The highest BCUT2D eigenvalue weighted by Gasteiger charge is 2.34. The number of carbonyl (C=O) groups is 3. The van der Waals surface area contributed by atoms with Crippen molar-refractivity contribution >= 4 is 17.8 Å². The zero-order chi connectivity index (χ0) is 15.1. The number of carboxylic acid groups (broad SMARTS) is 1. The minimum atomic E-state index is -1.05. The summed E-state index contributed by atoms with van der Waals surface area (Å²) in [6.07, 6.45) is -0.701. The highest BCUT2D eigenvalue weighted by atomic mass is 16.5. The number of hydrogen-bond acceptors (Lipinski definition) is 4. The molecule has 3 N–H and O–H groups in total. The smallest absolute Gasteiger partial charge is 0.332 e. The van der Waals surface area contributed by atoms with Gasteiger partial charge >= 0.3 is 5.97 Å². The number of amides is 2. The molecule has 1 saturated heterocycles. The molecule has 0 aromatic heterocycles. The van der Waals surface area contributed by atoms with E-state index in [1.54, 1.807) is 0 Å². The molecule has 0 radical (unpaired) electrons. The summed E-state index contributed by atoms with van der Waals surface area (Å²) in [7, 11) is 0. The van der Waals surface area contributed by atoms with Crippen LogP contribution in [0.15, 0.2) is 0 Å². The molecule has 0 aromatic carbocycles. The van der Waals surface area contributed by atoms with Gasteiger partial charge in [0.2, 0.25) is 11.8 Å². The van der Waals surface area contributed by atoms with Crippen LogP contribution < -0.4 is 10.6 Å². The van der Waals surface area contributed by atoms with Crippen molar-refractivity contribution in [3.8, 4) is 0 Å². The summed E-state index contributed by atoms with van der Waals surface area (Å²) < 4.78 is 5.11. The molecule has 0 aliphatic carbocycles. The van der Waals surface area contributed by atoms with E-state index in [1.807, 2.05) is 13.8 Å². The lowest BCUT2D eigenvalue weighted by atomic mass is 10.2. The molecule has 7 nitrogen and oxygen atoms in total. The number of nitrogens with one attached hydrogen (secondary N) is 2. The molecule has 2 unspecified atom stereocenters. The van der Waals surface area contributed by atoms with E-state index in [-0.39, 0.29) is 24.8 Å². The molecule has 114 valence electrons. The standard InChI is InChI=1S/C13H22N2O5/c1-8(2)7-15-11(16)5-6-14-12(17)9-3-4-10(20-9)13(18)19/h8-10H,3-7H2,1-2H3,(H,14,17)(H,15,16)(H,18,19). The Balaban J connectivity index is 2.18. The Bertz CT molecular complexity index is 370. The second kappa shape index (κ2) is 7.84. The van der Waals surface area contributed by atoms with Gasteiger partial charge in [-0.25, -0.2) is 4.79 Å². The van der Waals surface area contributed by atoms with Gasteiger partial charge in [0.1, 0.15) is 6.10 Å². The van der Waals surface area contributed by atoms with Crippen LogP contribution >= 0.6 is 0 Å². The van der Waals surface area contributed by atoms with Crippen molar-refractivity contribution in [3.63, 3.8) is 0 Å². The fourth-order valence-corrected chi connectivity index (χ4v) is 1.83. The average Bonchev–Trinajstić information content (AvgIpc) is 2.86.